The van der Waals surface area contributed by atoms with Gasteiger partial charge in [0, 0.05) is 6.54 Å². The molecule has 1 aliphatic heterocycles. The van der Waals surface area contributed by atoms with Crippen LogP contribution in [0.1, 0.15) is 39.0 Å². The summed E-state index contributed by atoms with van der Waals surface area (Å²) in [5.41, 5.74) is 0. The number of hydrogen-bond donors (Lipinski definition) is 2. The summed E-state index contributed by atoms with van der Waals surface area (Å²) in [6, 6.07) is 0. The van der Waals surface area contributed by atoms with Gasteiger partial charge in [-0.15, -0.1) is 0 Å². The van der Waals surface area contributed by atoms with E-state index in [2.05, 4.69) is 22.5 Å². The molecule has 4 heteroatoms. The van der Waals surface area contributed by atoms with Crippen molar-refractivity contribution in [3.63, 3.8) is 0 Å². The van der Waals surface area contributed by atoms with Gasteiger partial charge in [0.15, 0.2) is 0 Å². The molecule has 1 aliphatic carbocycles. The summed E-state index contributed by atoms with van der Waals surface area (Å²) in [4.78, 5) is 14.1. The highest BCUT2D eigenvalue weighted by atomic mass is 16.1. The summed E-state index contributed by atoms with van der Waals surface area (Å²) < 4.78 is 0. The van der Waals surface area contributed by atoms with E-state index in [1.807, 2.05) is 0 Å². The quantitative estimate of drug-likeness (QED) is 0.695. The van der Waals surface area contributed by atoms with Crippen molar-refractivity contribution in [1.29, 1.82) is 0 Å². The topological polar surface area (TPSA) is 44.4 Å². The van der Waals surface area contributed by atoms with Crippen molar-refractivity contribution in [3.05, 3.63) is 0 Å². The average molecular weight is 267 g/mol. The molecule has 0 atom stereocenters. The van der Waals surface area contributed by atoms with Gasteiger partial charge in [-0.1, -0.05) is 6.92 Å². The molecule has 0 spiro atoms. The van der Waals surface area contributed by atoms with Gasteiger partial charge in [-0.25, -0.2) is 0 Å². The van der Waals surface area contributed by atoms with Gasteiger partial charge in [-0.05, 0) is 70.1 Å². The fourth-order valence-corrected chi connectivity index (χ4v) is 2.78. The summed E-state index contributed by atoms with van der Waals surface area (Å²) in [5, 5.41) is 6.26. The molecule has 1 amide bonds. The minimum atomic E-state index is 0.159. The van der Waals surface area contributed by atoms with Gasteiger partial charge >= 0.3 is 0 Å². The van der Waals surface area contributed by atoms with Gasteiger partial charge in [0.1, 0.15) is 0 Å². The van der Waals surface area contributed by atoms with Crippen molar-refractivity contribution >= 4 is 5.91 Å². The van der Waals surface area contributed by atoms with E-state index in [0.29, 0.717) is 6.54 Å². The van der Waals surface area contributed by atoms with Crippen LogP contribution in [0.15, 0.2) is 0 Å². The second-order valence-corrected chi connectivity index (χ2v) is 6.09. The molecule has 1 saturated heterocycles. The number of piperidine rings is 1. The Kier molecular flexibility index (Phi) is 6.11. The monoisotopic (exact) mass is 267 g/mol. The van der Waals surface area contributed by atoms with Crippen molar-refractivity contribution in [2.45, 2.75) is 39.0 Å². The molecule has 2 fully saturated rings. The lowest BCUT2D eigenvalue weighted by Gasteiger charge is -2.31. The lowest BCUT2D eigenvalue weighted by Crippen LogP contribution is -2.37. The first-order valence-corrected chi connectivity index (χ1v) is 7.97. The van der Waals surface area contributed by atoms with E-state index in [1.165, 1.54) is 45.3 Å². The summed E-state index contributed by atoms with van der Waals surface area (Å²) in [5.74, 6) is 1.81. The van der Waals surface area contributed by atoms with Crippen molar-refractivity contribution < 1.29 is 4.79 Å². The second kappa shape index (κ2) is 7.85. The summed E-state index contributed by atoms with van der Waals surface area (Å²) in [7, 11) is 0. The number of nitrogens with one attached hydrogen (secondary N) is 2. The average Bonchev–Trinajstić information content (AvgIpc) is 3.24. The van der Waals surface area contributed by atoms with Crippen molar-refractivity contribution in [2.75, 3.05) is 39.3 Å². The van der Waals surface area contributed by atoms with E-state index < -0.39 is 0 Å². The molecule has 0 radical (unpaired) electrons. The maximum absolute atomic E-state index is 11.6. The SMILES string of the molecule is CCN1CCC(CCNC(=O)CNCC2CC2)CC1. The standard InChI is InChI=1S/C15H29N3O/c1-2-18-9-6-13(7-10-18)5-8-17-15(19)12-16-11-14-3-4-14/h13-14,16H,2-12H2,1H3,(H,17,19). The Morgan fingerprint density at radius 1 is 1.16 bits per heavy atom. The van der Waals surface area contributed by atoms with Crippen LogP contribution in [0.5, 0.6) is 0 Å². The third kappa shape index (κ3) is 5.91. The lowest BCUT2D eigenvalue weighted by molar-refractivity contribution is -0.120. The van der Waals surface area contributed by atoms with Crippen LogP contribution in [0.3, 0.4) is 0 Å². The number of nitrogens with zero attached hydrogens (tertiary/aromatic N) is 1. The van der Waals surface area contributed by atoms with E-state index in [0.717, 1.165) is 31.3 Å². The Bertz CT molecular complexity index is 271. The number of likely N-dealkylation sites (tertiary alicyclic amines) is 1. The van der Waals surface area contributed by atoms with Crippen molar-refractivity contribution in [2.24, 2.45) is 11.8 Å². The normalized spacial score (nSPS) is 21.5. The molecule has 0 bridgehead atoms. The maximum atomic E-state index is 11.6. The van der Waals surface area contributed by atoms with E-state index in [1.54, 1.807) is 0 Å². The van der Waals surface area contributed by atoms with Crippen LogP contribution in [0.4, 0.5) is 0 Å². The third-order valence-corrected chi connectivity index (χ3v) is 4.44. The molecular weight excluding hydrogens is 238 g/mol. The van der Waals surface area contributed by atoms with Gasteiger partial charge in [0.05, 0.1) is 6.54 Å². The van der Waals surface area contributed by atoms with Crippen LogP contribution in [0.25, 0.3) is 0 Å². The second-order valence-electron chi connectivity index (χ2n) is 6.09. The van der Waals surface area contributed by atoms with Crippen LogP contribution in [0.2, 0.25) is 0 Å². The Labute approximate surface area is 117 Å². The highest BCUT2D eigenvalue weighted by Gasteiger charge is 2.20. The predicted octanol–water partition coefficient (Wildman–Crippen LogP) is 1.22. The molecule has 0 aromatic rings. The Hall–Kier alpha value is -0.610. The molecule has 19 heavy (non-hydrogen) atoms. The Morgan fingerprint density at radius 3 is 2.53 bits per heavy atom. The number of amides is 1. The summed E-state index contributed by atoms with van der Waals surface area (Å²) in [6.45, 7) is 8.23. The Morgan fingerprint density at radius 2 is 1.89 bits per heavy atom. The van der Waals surface area contributed by atoms with Gasteiger partial charge in [0.2, 0.25) is 5.91 Å². The van der Waals surface area contributed by atoms with E-state index in [-0.39, 0.29) is 5.91 Å². The van der Waals surface area contributed by atoms with Crippen LogP contribution in [-0.2, 0) is 4.79 Å². The first-order chi connectivity index (χ1) is 9.28. The van der Waals surface area contributed by atoms with E-state index >= 15 is 0 Å². The number of carbonyl (C=O) groups excluding carboxylic acids is 1. The van der Waals surface area contributed by atoms with Gasteiger partial charge in [0.25, 0.3) is 0 Å². The zero-order valence-electron chi connectivity index (χ0n) is 12.3. The minimum Gasteiger partial charge on any atom is -0.355 e. The maximum Gasteiger partial charge on any atom is 0.233 e. The molecular formula is C15H29N3O. The lowest BCUT2D eigenvalue weighted by atomic mass is 9.93. The van der Waals surface area contributed by atoms with E-state index in [4.69, 9.17) is 0 Å². The third-order valence-electron chi connectivity index (χ3n) is 4.44. The Balaban J connectivity index is 1.45. The van der Waals surface area contributed by atoms with Gasteiger partial charge in [-0.3, -0.25) is 4.79 Å². The molecule has 2 aliphatic rings. The van der Waals surface area contributed by atoms with Crippen LogP contribution >= 0.6 is 0 Å². The van der Waals surface area contributed by atoms with Crippen molar-refractivity contribution in [3.8, 4) is 0 Å². The largest absolute Gasteiger partial charge is 0.355 e. The van der Waals surface area contributed by atoms with Gasteiger partial charge < -0.3 is 15.5 Å². The zero-order chi connectivity index (χ0) is 13.5. The van der Waals surface area contributed by atoms with E-state index in [9.17, 15) is 4.79 Å². The van der Waals surface area contributed by atoms with Crippen LogP contribution in [0, 0.1) is 11.8 Å². The summed E-state index contributed by atoms with van der Waals surface area (Å²) in [6.07, 6.45) is 6.41. The number of hydrogen-bond acceptors (Lipinski definition) is 3. The highest BCUT2D eigenvalue weighted by molar-refractivity contribution is 5.77. The molecule has 110 valence electrons. The van der Waals surface area contributed by atoms with Crippen LogP contribution < -0.4 is 10.6 Å². The number of carbonyl (C=O) groups is 1. The van der Waals surface area contributed by atoms with Gasteiger partial charge in [-0.2, -0.15) is 0 Å². The molecule has 4 nitrogen and oxygen atoms in total. The number of rotatable bonds is 8. The summed E-state index contributed by atoms with van der Waals surface area (Å²) >= 11 is 0. The minimum absolute atomic E-state index is 0.159. The molecule has 0 unspecified atom stereocenters. The predicted molar refractivity (Wildman–Crippen MR) is 78.1 cm³/mol. The fraction of sp³-hybridized carbons (Fsp3) is 0.933. The molecule has 2 N–H and O–H groups in total. The molecule has 1 saturated carbocycles. The molecule has 2 rings (SSSR count). The van der Waals surface area contributed by atoms with Crippen molar-refractivity contribution in [1.82, 2.24) is 15.5 Å². The first-order valence-electron chi connectivity index (χ1n) is 7.97. The fourth-order valence-electron chi connectivity index (χ4n) is 2.78. The highest BCUT2D eigenvalue weighted by Crippen LogP contribution is 2.27. The first kappa shape index (κ1) is 14.8. The molecule has 0 aromatic heterocycles. The smallest absolute Gasteiger partial charge is 0.233 e. The zero-order valence-corrected chi connectivity index (χ0v) is 12.3. The molecule has 1 heterocycles. The molecule has 0 aromatic carbocycles. The van der Waals surface area contributed by atoms with Crippen LogP contribution in [-0.4, -0.2) is 50.1 Å².